The molecule has 0 spiro atoms. The van der Waals surface area contributed by atoms with Gasteiger partial charge in [-0.1, -0.05) is 12.1 Å². The Morgan fingerprint density at radius 3 is 2.07 bits per heavy atom. The second-order valence-corrected chi connectivity index (χ2v) is 9.50. The van der Waals surface area contributed by atoms with Crippen molar-refractivity contribution < 1.29 is 39.3 Å². The van der Waals surface area contributed by atoms with Crippen molar-refractivity contribution in [1.29, 1.82) is 0 Å². The zero-order valence-corrected chi connectivity index (χ0v) is 22.4. The fourth-order valence-electron chi connectivity index (χ4n) is 3.89. The van der Waals surface area contributed by atoms with E-state index in [2.05, 4.69) is 25.9 Å². The second-order valence-electron chi connectivity index (χ2n) is 9.50. The van der Waals surface area contributed by atoms with Crippen molar-refractivity contribution in [2.24, 2.45) is 11.5 Å². The van der Waals surface area contributed by atoms with Gasteiger partial charge >= 0.3 is 11.9 Å². The summed E-state index contributed by atoms with van der Waals surface area (Å²) in [4.78, 5) is 68.6. The molecule has 0 saturated heterocycles. The molecule has 3 amide bonds. The Labute approximate surface area is 236 Å². The second kappa shape index (κ2) is 16.6. The van der Waals surface area contributed by atoms with Crippen LogP contribution >= 0.6 is 0 Å². The van der Waals surface area contributed by atoms with E-state index in [1.54, 1.807) is 12.1 Å². The van der Waals surface area contributed by atoms with Crippen LogP contribution in [0.2, 0.25) is 0 Å². The normalized spacial score (nSPS) is 13.8. The van der Waals surface area contributed by atoms with E-state index in [1.807, 2.05) is 0 Å². The van der Waals surface area contributed by atoms with Gasteiger partial charge in [0.2, 0.25) is 17.7 Å². The lowest BCUT2D eigenvalue weighted by Gasteiger charge is -2.25. The maximum absolute atomic E-state index is 13.4. The molecule has 0 aliphatic heterocycles. The van der Waals surface area contributed by atoms with Crippen LogP contribution in [0.4, 0.5) is 0 Å². The van der Waals surface area contributed by atoms with Crippen LogP contribution < -0.4 is 27.4 Å². The van der Waals surface area contributed by atoms with E-state index in [0.29, 0.717) is 30.6 Å². The van der Waals surface area contributed by atoms with E-state index < -0.39 is 53.8 Å². The first-order valence-electron chi connectivity index (χ1n) is 13.1. The predicted octanol–water partition coefficient (Wildman–Crippen LogP) is -1.24. The van der Waals surface area contributed by atoms with Crippen molar-refractivity contribution in [1.82, 2.24) is 25.9 Å². The molecule has 4 unspecified atom stereocenters. The fourth-order valence-corrected chi connectivity index (χ4v) is 3.89. The summed E-state index contributed by atoms with van der Waals surface area (Å²) in [5, 5.41) is 35.7. The Bertz CT molecular complexity index is 1160. The van der Waals surface area contributed by atoms with Crippen LogP contribution in [-0.4, -0.2) is 85.7 Å². The topological polar surface area (TPSA) is 263 Å². The van der Waals surface area contributed by atoms with Crippen molar-refractivity contribution in [2.45, 2.75) is 69.1 Å². The maximum Gasteiger partial charge on any atom is 0.326 e. The summed E-state index contributed by atoms with van der Waals surface area (Å²) in [5.41, 5.74) is 12.4. The van der Waals surface area contributed by atoms with Crippen LogP contribution in [0.1, 0.15) is 43.4 Å². The van der Waals surface area contributed by atoms with E-state index in [-0.39, 0.29) is 37.9 Å². The molecule has 224 valence electrons. The van der Waals surface area contributed by atoms with E-state index in [4.69, 9.17) is 16.6 Å². The highest BCUT2D eigenvalue weighted by atomic mass is 16.4. The number of amides is 3. The molecule has 4 atom stereocenters. The molecule has 1 aromatic heterocycles. The highest BCUT2D eigenvalue weighted by Crippen LogP contribution is 2.13. The van der Waals surface area contributed by atoms with Gasteiger partial charge in [0.1, 0.15) is 23.9 Å². The number of phenolic OH excluding ortho intramolecular Hbond substituents is 1. The SMILES string of the molecule is NCCCCC(NC(=O)C(Cc1ccc(O)cc1)NC(=O)C(N)CCC(=O)O)C(=O)NC(Cc1cnc[nH]1)C(=O)O. The quantitative estimate of drug-likeness (QED) is 0.0949. The van der Waals surface area contributed by atoms with E-state index in [0.717, 1.165) is 0 Å². The number of carbonyl (C=O) groups excluding carboxylic acids is 3. The molecule has 11 N–H and O–H groups in total. The summed E-state index contributed by atoms with van der Waals surface area (Å²) in [7, 11) is 0. The third-order valence-corrected chi connectivity index (χ3v) is 6.19. The van der Waals surface area contributed by atoms with Crippen molar-refractivity contribution >= 4 is 29.7 Å². The lowest BCUT2D eigenvalue weighted by Crippen LogP contribution is -2.57. The van der Waals surface area contributed by atoms with Crippen molar-refractivity contribution in [3.05, 3.63) is 48.0 Å². The summed E-state index contributed by atoms with van der Waals surface area (Å²) < 4.78 is 0. The summed E-state index contributed by atoms with van der Waals surface area (Å²) in [6.45, 7) is 0.341. The lowest BCUT2D eigenvalue weighted by atomic mass is 10.0. The Kier molecular flexibility index (Phi) is 13.2. The van der Waals surface area contributed by atoms with Gasteiger partial charge in [-0.25, -0.2) is 9.78 Å². The molecule has 15 nitrogen and oxygen atoms in total. The summed E-state index contributed by atoms with van der Waals surface area (Å²) in [6.07, 6.45) is 3.31. The molecule has 0 aliphatic rings. The lowest BCUT2D eigenvalue weighted by molar-refractivity contribution is -0.142. The zero-order chi connectivity index (χ0) is 30.4. The zero-order valence-electron chi connectivity index (χ0n) is 22.4. The van der Waals surface area contributed by atoms with Crippen LogP contribution in [0.25, 0.3) is 0 Å². The molecule has 0 bridgehead atoms. The van der Waals surface area contributed by atoms with Gasteiger partial charge in [-0.15, -0.1) is 0 Å². The van der Waals surface area contributed by atoms with Crippen LogP contribution in [0.3, 0.4) is 0 Å². The third kappa shape index (κ3) is 11.6. The van der Waals surface area contributed by atoms with Gasteiger partial charge in [0, 0.05) is 31.2 Å². The number of hydrogen-bond acceptors (Lipinski definition) is 9. The molecule has 0 fully saturated rings. The Morgan fingerprint density at radius 1 is 0.854 bits per heavy atom. The largest absolute Gasteiger partial charge is 0.508 e. The maximum atomic E-state index is 13.4. The molecule has 1 heterocycles. The number of carboxylic acids is 2. The van der Waals surface area contributed by atoms with Crippen molar-refractivity contribution in [3.8, 4) is 5.75 Å². The van der Waals surface area contributed by atoms with Crippen molar-refractivity contribution in [2.75, 3.05) is 6.54 Å². The highest BCUT2D eigenvalue weighted by molar-refractivity contribution is 5.94. The number of aliphatic carboxylic acids is 2. The predicted molar refractivity (Wildman–Crippen MR) is 145 cm³/mol. The number of H-pyrrole nitrogens is 1. The van der Waals surface area contributed by atoms with E-state index >= 15 is 0 Å². The number of nitrogens with two attached hydrogens (primary N) is 2. The number of imidazole rings is 1. The number of nitrogens with zero attached hydrogens (tertiary/aromatic N) is 1. The van der Waals surface area contributed by atoms with Gasteiger partial charge in [0.15, 0.2) is 0 Å². The van der Waals surface area contributed by atoms with Gasteiger partial charge in [0.05, 0.1) is 12.4 Å². The Morgan fingerprint density at radius 2 is 1.49 bits per heavy atom. The minimum absolute atomic E-state index is 0.00534. The molecular formula is C26H37N7O8. The first kappa shape index (κ1) is 32.7. The van der Waals surface area contributed by atoms with E-state index in [1.165, 1.54) is 24.7 Å². The minimum Gasteiger partial charge on any atom is -0.508 e. The minimum atomic E-state index is -1.31. The van der Waals surface area contributed by atoms with Crippen LogP contribution in [0, 0.1) is 0 Å². The number of rotatable bonds is 18. The average molecular weight is 576 g/mol. The van der Waals surface area contributed by atoms with Gasteiger partial charge in [-0.3, -0.25) is 19.2 Å². The molecule has 2 rings (SSSR count). The number of aromatic amines is 1. The van der Waals surface area contributed by atoms with Crippen LogP contribution in [-0.2, 0) is 36.8 Å². The number of carboxylic acid groups (broad SMARTS) is 2. The number of aromatic nitrogens is 2. The number of unbranched alkanes of at least 4 members (excludes halogenated alkanes) is 1. The average Bonchev–Trinajstić information content (AvgIpc) is 3.44. The number of hydrogen-bond donors (Lipinski definition) is 9. The number of aromatic hydroxyl groups is 1. The van der Waals surface area contributed by atoms with Crippen molar-refractivity contribution in [3.63, 3.8) is 0 Å². The molecule has 1 aromatic carbocycles. The summed E-state index contributed by atoms with van der Waals surface area (Å²) in [6, 6.07) is 0.999. The fraction of sp³-hybridized carbons (Fsp3) is 0.462. The van der Waals surface area contributed by atoms with Crippen LogP contribution in [0.15, 0.2) is 36.8 Å². The summed E-state index contributed by atoms with van der Waals surface area (Å²) in [5.74, 6) is -4.67. The van der Waals surface area contributed by atoms with E-state index in [9.17, 15) is 34.2 Å². The molecule has 0 saturated carbocycles. The first-order valence-corrected chi connectivity index (χ1v) is 13.1. The first-order chi connectivity index (χ1) is 19.5. The number of nitrogens with one attached hydrogen (secondary N) is 4. The Hall–Kier alpha value is -4.50. The van der Waals surface area contributed by atoms with Gasteiger partial charge in [-0.2, -0.15) is 0 Å². The molecule has 0 aliphatic carbocycles. The monoisotopic (exact) mass is 575 g/mol. The van der Waals surface area contributed by atoms with Gasteiger partial charge in [0.25, 0.3) is 0 Å². The Balaban J connectivity index is 2.22. The number of benzene rings is 1. The molecule has 0 radical (unpaired) electrons. The number of phenols is 1. The van der Waals surface area contributed by atoms with Gasteiger partial charge < -0.3 is 47.7 Å². The van der Waals surface area contributed by atoms with Crippen LogP contribution in [0.5, 0.6) is 5.75 Å². The molecular weight excluding hydrogens is 538 g/mol. The molecule has 2 aromatic rings. The molecule has 41 heavy (non-hydrogen) atoms. The third-order valence-electron chi connectivity index (χ3n) is 6.19. The standard InChI is InChI=1S/C26H37N7O8/c27-10-2-1-3-19(24(38)33-21(26(40)41)12-16-13-29-14-30-16)31-25(39)20(11-15-4-6-17(34)7-5-15)32-23(37)18(28)8-9-22(35)36/h4-7,13-14,18-21,34H,1-3,8-12,27-28H2,(H,29,30)(H,31,39)(H,32,37)(H,33,38)(H,35,36)(H,40,41). The number of carbonyl (C=O) groups is 5. The summed E-state index contributed by atoms with van der Waals surface area (Å²) >= 11 is 0. The molecule has 15 heteroatoms. The van der Waals surface area contributed by atoms with Gasteiger partial charge in [-0.05, 0) is 49.9 Å². The highest BCUT2D eigenvalue weighted by Gasteiger charge is 2.30. The smallest absolute Gasteiger partial charge is 0.326 e.